The molecule has 3 atom stereocenters. The zero-order valence-corrected chi connectivity index (χ0v) is 14.0. The van der Waals surface area contributed by atoms with Crippen molar-refractivity contribution in [3.05, 3.63) is 47.3 Å². The van der Waals surface area contributed by atoms with Gasteiger partial charge in [0.1, 0.15) is 11.9 Å². The highest BCUT2D eigenvalue weighted by molar-refractivity contribution is 5.76. The Morgan fingerprint density at radius 1 is 1.21 bits per heavy atom. The molecule has 0 aromatic heterocycles. The Balaban J connectivity index is 2.04. The Labute approximate surface area is 140 Å². The summed E-state index contributed by atoms with van der Waals surface area (Å²) in [6.07, 6.45) is -5.44. The lowest BCUT2D eigenvalue weighted by Gasteiger charge is -2.24. The number of rotatable bonds is 5. The predicted molar refractivity (Wildman–Crippen MR) is 84.5 cm³/mol. The maximum absolute atomic E-state index is 14.1. The van der Waals surface area contributed by atoms with Gasteiger partial charge in [0.2, 0.25) is 0 Å². The van der Waals surface area contributed by atoms with E-state index in [9.17, 15) is 18.7 Å². The minimum atomic E-state index is -2.04. The summed E-state index contributed by atoms with van der Waals surface area (Å²) in [5.74, 6) is -1.69. The van der Waals surface area contributed by atoms with Gasteiger partial charge in [-0.05, 0) is 26.3 Å². The second kappa shape index (κ2) is 7.40. The molecule has 0 saturated heterocycles. The summed E-state index contributed by atoms with van der Waals surface area (Å²) in [5.41, 5.74) is -0.152. The van der Waals surface area contributed by atoms with Gasteiger partial charge < -0.3 is 14.6 Å². The molecular weight excluding hydrogens is 318 g/mol. The Kier molecular flexibility index (Phi) is 5.72. The van der Waals surface area contributed by atoms with E-state index in [-0.39, 0.29) is 18.8 Å². The van der Waals surface area contributed by atoms with Crippen molar-refractivity contribution < 1.29 is 28.2 Å². The van der Waals surface area contributed by atoms with Crippen LogP contribution in [0.4, 0.5) is 8.78 Å². The highest BCUT2D eigenvalue weighted by Gasteiger charge is 2.46. The summed E-state index contributed by atoms with van der Waals surface area (Å²) in [4.78, 5) is 12.0. The molecule has 0 bridgehead atoms. The van der Waals surface area contributed by atoms with Crippen LogP contribution in [0.25, 0.3) is 0 Å². The number of carbonyl (C=O) groups is 1. The van der Waals surface area contributed by atoms with Crippen LogP contribution in [0.5, 0.6) is 0 Å². The predicted octanol–water partition coefficient (Wildman–Crippen LogP) is 3.10. The van der Waals surface area contributed by atoms with Crippen LogP contribution in [-0.2, 0) is 20.9 Å². The number of hydrogen-bond acceptors (Lipinski definition) is 4. The van der Waals surface area contributed by atoms with E-state index in [1.807, 2.05) is 30.3 Å². The molecule has 0 amide bonds. The van der Waals surface area contributed by atoms with Gasteiger partial charge in [0.15, 0.2) is 12.3 Å². The topological polar surface area (TPSA) is 55.8 Å². The Morgan fingerprint density at radius 2 is 1.83 bits per heavy atom. The largest absolute Gasteiger partial charge is 0.454 e. The maximum atomic E-state index is 14.1. The van der Waals surface area contributed by atoms with Gasteiger partial charge in [-0.2, -0.15) is 0 Å². The van der Waals surface area contributed by atoms with E-state index in [1.54, 1.807) is 20.8 Å². The molecule has 2 rings (SSSR count). The van der Waals surface area contributed by atoms with Crippen molar-refractivity contribution >= 4 is 5.97 Å². The molecule has 0 aliphatic heterocycles. The fourth-order valence-electron chi connectivity index (χ4n) is 2.26. The lowest BCUT2D eigenvalue weighted by molar-refractivity contribution is -0.160. The van der Waals surface area contributed by atoms with Crippen LogP contribution >= 0.6 is 0 Å². The molecule has 0 radical (unpaired) electrons. The fourth-order valence-corrected chi connectivity index (χ4v) is 2.26. The summed E-state index contributed by atoms with van der Waals surface area (Å²) in [6.45, 7) is 4.77. The lowest BCUT2D eigenvalue weighted by atomic mass is 9.97. The zero-order chi connectivity index (χ0) is 17.9. The van der Waals surface area contributed by atoms with Crippen molar-refractivity contribution in [3.8, 4) is 0 Å². The number of carbonyl (C=O) groups excluding carboxylic acids is 1. The number of ether oxygens (including phenoxy) is 2. The number of esters is 1. The van der Waals surface area contributed by atoms with E-state index in [1.165, 1.54) is 0 Å². The van der Waals surface area contributed by atoms with Crippen LogP contribution in [0, 0.1) is 5.41 Å². The van der Waals surface area contributed by atoms with Crippen LogP contribution < -0.4 is 0 Å². The third kappa shape index (κ3) is 4.19. The molecule has 0 heterocycles. The van der Waals surface area contributed by atoms with E-state index in [4.69, 9.17) is 9.47 Å². The normalized spacial score (nSPS) is 24.3. The van der Waals surface area contributed by atoms with Gasteiger partial charge >= 0.3 is 5.97 Å². The number of halogens is 2. The Hall–Kier alpha value is -1.79. The summed E-state index contributed by atoms with van der Waals surface area (Å²) in [6, 6.07) is 9.20. The van der Waals surface area contributed by atoms with Crippen LogP contribution in [0.15, 0.2) is 41.7 Å². The lowest BCUT2D eigenvalue weighted by Crippen LogP contribution is -2.36. The first kappa shape index (κ1) is 18.5. The van der Waals surface area contributed by atoms with Gasteiger partial charge in [0.05, 0.1) is 18.6 Å². The molecule has 132 valence electrons. The minimum Gasteiger partial charge on any atom is -0.454 e. The number of benzene rings is 1. The number of alkyl halides is 1. The summed E-state index contributed by atoms with van der Waals surface area (Å²) >= 11 is 0. The van der Waals surface area contributed by atoms with Gasteiger partial charge in [-0.15, -0.1) is 0 Å². The molecular formula is C18H22F2O4. The van der Waals surface area contributed by atoms with E-state index in [0.29, 0.717) is 0 Å². The molecule has 0 spiro atoms. The number of hydrogen-bond donors (Lipinski definition) is 1. The molecule has 1 aliphatic rings. The molecule has 6 heteroatoms. The average Bonchev–Trinajstić information content (AvgIpc) is 2.73. The van der Waals surface area contributed by atoms with Crippen molar-refractivity contribution in [1.29, 1.82) is 0 Å². The maximum Gasteiger partial charge on any atom is 0.311 e. The van der Waals surface area contributed by atoms with Gasteiger partial charge in [-0.1, -0.05) is 30.3 Å². The molecule has 0 fully saturated rings. The zero-order valence-electron chi connectivity index (χ0n) is 14.0. The molecule has 0 saturated carbocycles. The van der Waals surface area contributed by atoms with Crippen LogP contribution in [-0.4, -0.2) is 36.1 Å². The first-order valence-corrected chi connectivity index (χ1v) is 7.75. The number of aliphatic hydroxyl groups excluding tert-OH is 1. The van der Waals surface area contributed by atoms with Gasteiger partial charge in [-0.25, -0.2) is 8.78 Å². The summed E-state index contributed by atoms with van der Waals surface area (Å²) in [7, 11) is 0. The van der Waals surface area contributed by atoms with Gasteiger partial charge in [-0.3, -0.25) is 4.79 Å². The third-order valence-electron chi connectivity index (χ3n) is 3.72. The molecule has 1 N–H and O–H groups in total. The molecule has 1 aromatic rings. The average molecular weight is 340 g/mol. The smallest absolute Gasteiger partial charge is 0.311 e. The van der Waals surface area contributed by atoms with E-state index < -0.39 is 35.6 Å². The third-order valence-corrected chi connectivity index (χ3v) is 3.72. The van der Waals surface area contributed by atoms with Crippen LogP contribution in [0.2, 0.25) is 0 Å². The summed E-state index contributed by atoms with van der Waals surface area (Å²) in [5, 5.41) is 9.58. The second-order valence-corrected chi connectivity index (χ2v) is 6.82. The quantitative estimate of drug-likeness (QED) is 0.837. The Morgan fingerprint density at radius 3 is 2.42 bits per heavy atom. The first-order valence-electron chi connectivity index (χ1n) is 7.75. The minimum absolute atomic E-state index is 0.163. The van der Waals surface area contributed by atoms with Crippen molar-refractivity contribution in [2.45, 2.75) is 45.8 Å². The van der Waals surface area contributed by atoms with E-state index in [2.05, 4.69) is 0 Å². The summed E-state index contributed by atoms with van der Waals surface area (Å²) < 4.78 is 38.7. The van der Waals surface area contributed by atoms with Crippen LogP contribution in [0.1, 0.15) is 26.3 Å². The molecule has 1 aliphatic carbocycles. The van der Waals surface area contributed by atoms with Crippen molar-refractivity contribution in [1.82, 2.24) is 0 Å². The molecule has 24 heavy (non-hydrogen) atoms. The van der Waals surface area contributed by atoms with Crippen LogP contribution in [0.3, 0.4) is 0 Å². The molecule has 1 aromatic carbocycles. The monoisotopic (exact) mass is 340 g/mol. The fraction of sp³-hybridized carbons (Fsp3) is 0.500. The standard InChI is InChI=1S/C18H22F2O4/c1-18(2,3)17(22)24-16-12(13(19)15(21)14(16)20)10-23-9-11-7-5-4-6-8-11/h4-8,14-16,21H,9-10H2,1-3H3/t14-,15+,16-/m1/s1. The highest BCUT2D eigenvalue weighted by atomic mass is 19.1. The highest BCUT2D eigenvalue weighted by Crippen LogP contribution is 2.34. The van der Waals surface area contributed by atoms with Gasteiger partial charge in [0.25, 0.3) is 0 Å². The second-order valence-electron chi connectivity index (χ2n) is 6.82. The molecule has 0 unspecified atom stereocenters. The first-order chi connectivity index (χ1) is 11.2. The van der Waals surface area contributed by atoms with E-state index >= 15 is 0 Å². The van der Waals surface area contributed by atoms with Crippen molar-refractivity contribution in [2.75, 3.05) is 6.61 Å². The molecule has 4 nitrogen and oxygen atoms in total. The van der Waals surface area contributed by atoms with Crippen molar-refractivity contribution in [3.63, 3.8) is 0 Å². The SMILES string of the molecule is CC(C)(C)C(=O)O[C@@H]1C(COCc2ccccc2)=C(F)[C@H](O)[C@H]1F. The van der Waals surface area contributed by atoms with E-state index in [0.717, 1.165) is 5.56 Å². The van der Waals surface area contributed by atoms with Gasteiger partial charge in [0, 0.05) is 5.57 Å². The number of aliphatic hydroxyl groups is 1. The Bertz CT molecular complexity index is 607. The van der Waals surface area contributed by atoms with Crippen molar-refractivity contribution in [2.24, 2.45) is 5.41 Å².